The van der Waals surface area contributed by atoms with Gasteiger partial charge < -0.3 is 4.42 Å². The van der Waals surface area contributed by atoms with E-state index in [0.29, 0.717) is 0 Å². The molecule has 0 unspecified atom stereocenters. The SMILES string of the molecule is Cc1ccc([C@](C)(N[S@](=O)C(C)(C)C)C(C)C)o1. The zero-order valence-electron chi connectivity index (χ0n) is 12.5. The van der Waals surface area contributed by atoms with Crippen molar-refractivity contribution in [1.29, 1.82) is 0 Å². The zero-order chi connectivity index (χ0) is 14.1. The van der Waals surface area contributed by atoms with Gasteiger partial charge in [-0.15, -0.1) is 0 Å². The Hall–Kier alpha value is -0.610. The second kappa shape index (κ2) is 5.17. The molecule has 0 radical (unpaired) electrons. The minimum Gasteiger partial charge on any atom is -0.464 e. The van der Waals surface area contributed by atoms with Crippen LogP contribution in [0.3, 0.4) is 0 Å². The molecular weight excluding hydrogens is 246 g/mol. The first-order valence-electron chi connectivity index (χ1n) is 6.34. The maximum Gasteiger partial charge on any atom is 0.125 e. The van der Waals surface area contributed by atoms with E-state index in [9.17, 15) is 4.21 Å². The van der Waals surface area contributed by atoms with Crippen LogP contribution in [0.15, 0.2) is 16.5 Å². The van der Waals surface area contributed by atoms with Gasteiger partial charge in [-0.1, -0.05) is 13.8 Å². The van der Waals surface area contributed by atoms with Gasteiger partial charge in [-0.25, -0.2) is 8.93 Å². The van der Waals surface area contributed by atoms with Gasteiger partial charge in [0.1, 0.15) is 11.5 Å². The quantitative estimate of drug-likeness (QED) is 0.910. The van der Waals surface area contributed by atoms with Crippen LogP contribution in [-0.4, -0.2) is 8.96 Å². The fourth-order valence-electron chi connectivity index (χ4n) is 1.51. The Balaban J connectivity index is 3.06. The lowest BCUT2D eigenvalue weighted by molar-refractivity contribution is 0.255. The van der Waals surface area contributed by atoms with Crippen LogP contribution in [0, 0.1) is 12.8 Å². The molecule has 0 saturated heterocycles. The van der Waals surface area contributed by atoms with Gasteiger partial charge in [-0.3, -0.25) is 0 Å². The Kier molecular flexibility index (Phi) is 4.44. The molecule has 0 spiro atoms. The molecule has 104 valence electrons. The van der Waals surface area contributed by atoms with E-state index in [0.717, 1.165) is 11.5 Å². The van der Waals surface area contributed by atoms with E-state index in [4.69, 9.17) is 4.42 Å². The van der Waals surface area contributed by atoms with Crippen molar-refractivity contribution in [2.24, 2.45) is 5.92 Å². The molecule has 1 rings (SSSR count). The highest BCUT2D eigenvalue weighted by molar-refractivity contribution is 7.84. The summed E-state index contributed by atoms with van der Waals surface area (Å²) in [5.74, 6) is 1.99. The molecule has 0 aliphatic rings. The Morgan fingerprint density at radius 1 is 1.22 bits per heavy atom. The Morgan fingerprint density at radius 2 is 1.78 bits per heavy atom. The van der Waals surface area contributed by atoms with Gasteiger partial charge in [0.2, 0.25) is 0 Å². The molecule has 0 bridgehead atoms. The van der Waals surface area contributed by atoms with Crippen molar-refractivity contribution in [3.8, 4) is 0 Å². The van der Waals surface area contributed by atoms with E-state index in [1.165, 1.54) is 0 Å². The van der Waals surface area contributed by atoms with Crippen molar-refractivity contribution in [2.75, 3.05) is 0 Å². The summed E-state index contributed by atoms with van der Waals surface area (Å²) in [5, 5.41) is 0. The lowest BCUT2D eigenvalue weighted by atomic mass is 9.87. The number of hydrogen-bond donors (Lipinski definition) is 1. The highest BCUT2D eigenvalue weighted by atomic mass is 32.2. The van der Waals surface area contributed by atoms with Crippen molar-refractivity contribution < 1.29 is 8.63 Å². The maximum absolute atomic E-state index is 12.3. The first kappa shape index (κ1) is 15.4. The number of rotatable bonds is 4. The van der Waals surface area contributed by atoms with E-state index in [1.54, 1.807) is 0 Å². The average molecular weight is 271 g/mol. The summed E-state index contributed by atoms with van der Waals surface area (Å²) in [5.41, 5.74) is -0.424. The molecule has 1 aromatic rings. The Morgan fingerprint density at radius 3 is 2.11 bits per heavy atom. The molecule has 0 aliphatic carbocycles. The lowest BCUT2D eigenvalue weighted by Crippen LogP contribution is -2.49. The van der Waals surface area contributed by atoms with Crippen LogP contribution < -0.4 is 4.72 Å². The summed E-state index contributed by atoms with van der Waals surface area (Å²) < 4.78 is 21.0. The van der Waals surface area contributed by atoms with Crippen LogP contribution in [0.5, 0.6) is 0 Å². The van der Waals surface area contributed by atoms with Crippen molar-refractivity contribution in [3.63, 3.8) is 0 Å². The standard InChI is InChI=1S/C14H25NO2S/c1-10(2)14(7,12-9-8-11(3)17-12)15-18(16)13(4,5)6/h8-10,15H,1-7H3/t14-,18-/m1/s1. The molecule has 0 saturated carbocycles. The van der Waals surface area contributed by atoms with Gasteiger partial charge in [0.05, 0.1) is 21.3 Å². The van der Waals surface area contributed by atoms with Crippen molar-refractivity contribution in [1.82, 2.24) is 4.72 Å². The highest BCUT2D eigenvalue weighted by Crippen LogP contribution is 2.32. The van der Waals surface area contributed by atoms with E-state index in [1.807, 2.05) is 46.8 Å². The molecular formula is C14H25NO2S. The molecule has 1 heterocycles. The van der Waals surface area contributed by atoms with E-state index >= 15 is 0 Å². The highest BCUT2D eigenvalue weighted by Gasteiger charge is 2.37. The van der Waals surface area contributed by atoms with Crippen molar-refractivity contribution in [3.05, 3.63) is 23.7 Å². The monoisotopic (exact) mass is 271 g/mol. The molecule has 1 aromatic heterocycles. The molecule has 0 aliphatic heterocycles. The molecule has 1 N–H and O–H groups in total. The van der Waals surface area contributed by atoms with Crippen LogP contribution in [0.1, 0.15) is 53.1 Å². The third kappa shape index (κ3) is 3.23. The molecule has 3 nitrogen and oxygen atoms in total. The fourth-order valence-corrected chi connectivity index (χ4v) is 2.54. The van der Waals surface area contributed by atoms with Gasteiger partial charge in [0, 0.05) is 0 Å². The first-order chi connectivity index (χ1) is 8.07. The van der Waals surface area contributed by atoms with Crippen LogP contribution in [0.2, 0.25) is 0 Å². The number of hydrogen-bond acceptors (Lipinski definition) is 2. The van der Waals surface area contributed by atoms with Crippen LogP contribution in [0.4, 0.5) is 0 Å². The van der Waals surface area contributed by atoms with E-state index < -0.39 is 16.5 Å². The fraction of sp³-hybridized carbons (Fsp3) is 0.714. The van der Waals surface area contributed by atoms with Gasteiger partial charge in [-0.2, -0.15) is 0 Å². The lowest BCUT2D eigenvalue weighted by Gasteiger charge is -2.35. The maximum atomic E-state index is 12.3. The number of aryl methyl sites for hydroxylation is 1. The predicted octanol–water partition coefficient (Wildman–Crippen LogP) is 3.51. The normalized spacial score (nSPS) is 17.8. The minimum absolute atomic E-state index is 0.273. The first-order valence-corrected chi connectivity index (χ1v) is 7.49. The van der Waals surface area contributed by atoms with E-state index in [-0.39, 0.29) is 10.7 Å². The van der Waals surface area contributed by atoms with E-state index in [2.05, 4.69) is 18.6 Å². The smallest absolute Gasteiger partial charge is 0.125 e. The van der Waals surface area contributed by atoms with Crippen LogP contribution in [0.25, 0.3) is 0 Å². The summed E-state index contributed by atoms with van der Waals surface area (Å²) in [6.45, 7) is 14.1. The molecule has 0 amide bonds. The second-order valence-corrected chi connectivity index (χ2v) is 8.22. The summed E-state index contributed by atoms with van der Waals surface area (Å²) in [6, 6.07) is 3.90. The van der Waals surface area contributed by atoms with Crippen LogP contribution >= 0.6 is 0 Å². The van der Waals surface area contributed by atoms with Gasteiger partial charge >= 0.3 is 0 Å². The van der Waals surface area contributed by atoms with Gasteiger partial charge in [0.15, 0.2) is 0 Å². The Labute approximate surface area is 113 Å². The van der Waals surface area contributed by atoms with Crippen LogP contribution in [-0.2, 0) is 16.5 Å². The number of nitrogens with one attached hydrogen (secondary N) is 1. The summed E-state index contributed by atoms with van der Waals surface area (Å²) >= 11 is 0. The Bertz CT molecular complexity index is 431. The summed E-state index contributed by atoms with van der Waals surface area (Å²) in [7, 11) is -1.13. The zero-order valence-corrected chi connectivity index (χ0v) is 13.3. The molecule has 0 aromatic carbocycles. The van der Waals surface area contributed by atoms with Gasteiger partial charge in [0.25, 0.3) is 0 Å². The molecule has 2 atom stereocenters. The minimum atomic E-state index is -1.13. The third-order valence-electron chi connectivity index (χ3n) is 3.27. The number of furan rings is 1. The van der Waals surface area contributed by atoms with Crippen molar-refractivity contribution in [2.45, 2.75) is 58.8 Å². The average Bonchev–Trinajstić information content (AvgIpc) is 2.63. The largest absolute Gasteiger partial charge is 0.464 e. The summed E-state index contributed by atoms with van der Waals surface area (Å²) in [4.78, 5) is 0. The predicted molar refractivity (Wildman–Crippen MR) is 76.7 cm³/mol. The second-order valence-electron chi connectivity index (χ2n) is 6.25. The third-order valence-corrected chi connectivity index (χ3v) is 4.99. The molecule has 0 fully saturated rings. The molecule has 18 heavy (non-hydrogen) atoms. The summed E-state index contributed by atoms with van der Waals surface area (Å²) in [6.07, 6.45) is 0. The topological polar surface area (TPSA) is 42.2 Å². The molecule has 4 heteroatoms. The van der Waals surface area contributed by atoms with Gasteiger partial charge in [-0.05, 0) is 52.7 Å². The van der Waals surface area contributed by atoms with Crippen molar-refractivity contribution >= 4 is 11.0 Å².